The maximum atomic E-state index is 12.2. The molecule has 3 aromatic rings. The van der Waals surface area contributed by atoms with Gasteiger partial charge >= 0.3 is 6.61 Å². The molecule has 28 heavy (non-hydrogen) atoms. The first-order chi connectivity index (χ1) is 13.6. The fraction of sp³-hybridized carbons (Fsp3) is 0.136. The molecular weight excluding hydrogens is 364 g/mol. The molecule has 1 N–H and O–H groups in total. The van der Waals surface area contributed by atoms with Gasteiger partial charge in [0.05, 0.1) is 0 Å². The zero-order valence-electron chi connectivity index (χ0n) is 15.0. The van der Waals surface area contributed by atoms with Crippen LogP contribution in [-0.4, -0.2) is 19.1 Å². The van der Waals surface area contributed by atoms with E-state index in [9.17, 15) is 13.6 Å². The van der Waals surface area contributed by atoms with Gasteiger partial charge < -0.3 is 14.8 Å². The summed E-state index contributed by atoms with van der Waals surface area (Å²) in [6.45, 7) is -2.41. The smallest absolute Gasteiger partial charge is 0.387 e. The minimum Gasteiger partial charge on any atom is -0.457 e. The van der Waals surface area contributed by atoms with Gasteiger partial charge in [-0.25, -0.2) is 0 Å². The van der Waals surface area contributed by atoms with Crippen LogP contribution in [0.3, 0.4) is 0 Å². The maximum absolute atomic E-state index is 12.2. The van der Waals surface area contributed by atoms with Crippen molar-refractivity contribution >= 4 is 5.91 Å². The molecule has 1 amide bonds. The Bertz CT molecular complexity index is 882. The van der Waals surface area contributed by atoms with Crippen LogP contribution in [0.15, 0.2) is 78.9 Å². The molecule has 0 fully saturated rings. The van der Waals surface area contributed by atoms with Crippen LogP contribution in [0.2, 0.25) is 0 Å². The quantitative estimate of drug-likeness (QED) is 0.592. The fourth-order valence-corrected chi connectivity index (χ4v) is 2.56. The third-order valence-corrected chi connectivity index (χ3v) is 3.94. The van der Waals surface area contributed by atoms with E-state index in [1.807, 2.05) is 30.3 Å². The highest BCUT2D eigenvalue weighted by molar-refractivity contribution is 5.94. The highest BCUT2D eigenvalue weighted by Gasteiger charge is 2.07. The van der Waals surface area contributed by atoms with Crippen molar-refractivity contribution in [1.82, 2.24) is 5.32 Å². The van der Waals surface area contributed by atoms with Gasteiger partial charge in [0.25, 0.3) is 5.91 Å². The molecule has 0 spiro atoms. The Kier molecular flexibility index (Phi) is 6.57. The van der Waals surface area contributed by atoms with Gasteiger partial charge in [0.2, 0.25) is 0 Å². The second-order valence-electron chi connectivity index (χ2n) is 5.97. The van der Waals surface area contributed by atoms with Gasteiger partial charge in [0.15, 0.2) is 0 Å². The van der Waals surface area contributed by atoms with Crippen LogP contribution in [0.4, 0.5) is 8.78 Å². The minimum absolute atomic E-state index is 0.112. The van der Waals surface area contributed by atoms with E-state index >= 15 is 0 Å². The first-order valence-electron chi connectivity index (χ1n) is 8.75. The maximum Gasteiger partial charge on any atom is 0.387 e. The molecule has 0 aliphatic rings. The molecule has 0 aliphatic heterocycles. The van der Waals surface area contributed by atoms with E-state index in [0.29, 0.717) is 24.3 Å². The predicted molar refractivity (Wildman–Crippen MR) is 102 cm³/mol. The topological polar surface area (TPSA) is 47.6 Å². The van der Waals surface area contributed by atoms with E-state index in [4.69, 9.17) is 4.74 Å². The third-order valence-electron chi connectivity index (χ3n) is 3.94. The number of benzene rings is 3. The van der Waals surface area contributed by atoms with E-state index in [-0.39, 0.29) is 11.7 Å². The standard InChI is InChI=1S/C22H19F2NO3/c23-22(24)28-20-10-6-16(7-11-20)14-15-25-21(26)17-8-12-19(13-9-17)27-18-4-2-1-3-5-18/h1-13,22H,14-15H2,(H,25,26). The van der Waals surface area contributed by atoms with Crippen LogP contribution in [-0.2, 0) is 6.42 Å². The fourth-order valence-electron chi connectivity index (χ4n) is 2.56. The highest BCUT2D eigenvalue weighted by atomic mass is 19.3. The number of ether oxygens (including phenoxy) is 2. The molecule has 0 heterocycles. The summed E-state index contributed by atoms with van der Waals surface area (Å²) in [5.74, 6) is 1.29. The van der Waals surface area contributed by atoms with E-state index in [2.05, 4.69) is 10.1 Å². The van der Waals surface area contributed by atoms with E-state index in [1.54, 1.807) is 36.4 Å². The molecule has 0 aromatic heterocycles. The van der Waals surface area contributed by atoms with Crippen LogP contribution in [0.25, 0.3) is 0 Å². The zero-order chi connectivity index (χ0) is 19.8. The van der Waals surface area contributed by atoms with Gasteiger partial charge in [0.1, 0.15) is 17.2 Å². The first-order valence-corrected chi connectivity index (χ1v) is 8.75. The number of nitrogens with one attached hydrogen (secondary N) is 1. The summed E-state index contributed by atoms with van der Waals surface area (Å²) >= 11 is 0. The largest absolute Gasteiger partial charge is 0.457 e. The van der Waals surface area contributed by atoms with Gasteiger partial charge in [-0.05, 0) is 60.5 Å². The Balaban J connectivity index is 1.47. The number of rotatable bonds is 8. The van der Waals surface area contributed by atoms with E-state index < -0.39 is 6.61 Å². The van der Waals surface area contributed by atoms with E-state index in [0.717, 1.165) is 11.3 Å². The third kappa shape index (κ3) is 5.81. The van der Waals surface area contributed by atoms with Crippen molar-refractivity contribution in [2.45, 2.75) is 13.0 Å². The lowest BCUT2D eigenvalue weighted by molar-refractivity contribution is -0.0498. The molecule has 0 saturated carbocycles. The number of carbonyl (C=O) groups is 1. The van der Waals surface area contributed by atoms with Crippen LogP contribution in [0.1, 0.15) is 15.9 Å². The lowest BCUT2D eigenvalue weighted by Crippen LogP contribution is -2.25. The summed E-state index contributed by atoms with van der Waals surface area (Å²) in [6, 6.07) is 22.6. The average molecular weight is 383 g/mol. The van der Waals surface area contributed by atoms with Crippen molar-refractivity contribution in [2.75, 3.05) is 6.54 Å². The van der Waals surface area contributed by atoms with Crippen LogP contribution < -0.4 is 14.8 Å². The van der Waals surface area contributed by atoms with Crippen LogP contribution >= 0.6 is 0 Å². The molecule has 0 aliphatic carbocycles. The first kappa shape index (κ1) is 19.4. The average Bonchev–Trinajstić information content (AvgIpc) is 2.70. The summed E-state index contributed by atoms with van der Waals surface area (Å²) < 4.78 is 34.3. The second kappa shape index (κ2) is 9.50. The molecule has 0 radical (unpaired) electrons. The Labute approximate surface area is 161 Å². The van der Waals surface area contributed by atoms with Gasteiger partial charge in [-0.2, -0.15) is 8.78 Å². The van der Waals surface area contributed by atoms with Crippen molar-refractivity contribution in [3.63, 3.8) is 0 Å². The van der Waals surface area contributed by atoms with Crippen molar-refractivity contribution in [1.29, 1.82) is 0 Å². The number of carbonyl (C=O) groups excluding carboxylic acids is 1. The molecule has 3 rings (SSSR count). The van der Waals surface area contributed by atoms with Gasteiger partial charge in [0, 0.05) is 12.1 Å². The minimum atomic E-state index is -2.84. The van der Waals surface area contributed by atoms with Gasteiger partial charge in [-0.3, -0.25) is 4.79 Å². The number of para-hydroxylation sites is 1. The molecule has 0 atom stereocenters. The van der Waals surface area contributed by atoms with Gasteiger partial charge in [-0.1, -0.05) is 30.3 Å². The predicted octanol–water partition coefficient (Wildman–Crippen LogP) is 5.05. The summed E-state index contributed by atoms with van der Waals surface area (Å²) in [5, 5.41) is 2.83. The summed E-state index contributed by atoms with van der Waals surface area (Å²) in [4.78, 5) is 12.2. The lowest BCUT2D eigenvalue weighted by Gasteiger charge is -2.08. The Hall–Kier alpha value is -3.41. The number of hydrogen-bond acceptors (Lipinski definition) is 3. The molecular formula is C22H19F2NO3. The highest BCUT2D eigenvalue weighted by Crippen LogP contribution is 2.21. The Morgan fingerprint density at radius 3 is 2.07 bits per heavy atom. The van der Waals surface area contributed by atoms with Gasteiger partial charge in [-0.15, -0.1) is 0 Å². The number of hydrogen-bond donors (Lipinski definition) is 1. The zero-order valence-corrected chi connectivity index (χ0v) is 15.0. The Morgan fingerprint density at radius 1 is 0.821 bits per heavy atom. The SMILES string of the molecule is O=C(NCCc1ccc(OC(F)F)cc1)c1ccc(Oc2ccccc2)cc1. The van der Waals surface area contributed by atoms with E-state index in [1.165, 1.54) is 12.1 Å². The second-order valence-corrected chi connectivity index (χ2v) is 5.97. The van der Waals surface area contributed by atoms with Crippen molar-refractivity contribution in [2.24, 2.45) is 0 Å². The van der Waals surface area contributed by atoms with Crippen molar-refractivity contribution < 1.29 is 23.0 Å². The van der Waals surface area contributed by atoms with Crippen LogP contribution in [0, 0.1) is 0 Å². The normalized spacial score (nSPS) is 10.5. The molecule has 144 valence electrons. The summed E-state index contributed by atoms with van der Waals surface area (Å²) in [5.41, 5.74) is 1.44. The molecule has 0 saturated heterocycles. The molecule has 0 bridgehead atoms. The summed E-state index contributed by atoms with van der Waals surface area (Å²) in [7, 11) is 0. The number of amides is 1. The molecule has 0 unspecified atom stereocenters. The molecule has 6 heteroatoms. The van der Waals surface area contributed by atoms with Crippen molar-refractivity contribution in [3.8, 4) is 17.2 Å². The molecule has 4 nitrogen and oxygen atoms in total. The Morgan fingerprint density at radius 2 is 1.43 bits per heavy atom. The lowest BCUT2D eigenvalue weighted by atomic mass is 10.1. The molecule has 3 aromatic carbocycles. The summed E-state index contributed by atoms with van der Waals surface area (Å²) in [6.07, 6.45) is 0.579. The van der Waals surface area contributed by atoms with Crippen LogP contribution in [0.5, 0.6) is 17.2 Å². The number of alkyl halides is 2. The monoisotopic (exact) mass is 383 g/mol. The number of halogens is 2. The van der Waals surface area contributed by atoms with Crippen molar-refractivity contribution in [3.05, 3.63) is 90.0 Å².